The van der Waals surface area contributed by atoms with Gasteiger partial charge in [-0.3, -0.25) is 14.4 Å². The number of amides is 2. The zero-order chi connectivity index (χ0) is 18.2. The molecule has 0 aliphatic carbocycles. The second-order valence-electron chi connectivity index (χ2n) is 4.86. The molecule has 1 aromatic heterocycles. The maximum Gasteiger partial charge on any atom is 0.306 e. The fourth-order valence-corrected chi connectivity index (χ4v) is 2.50. The number of ether oxygens (including phenoxy) is 1. The number of esters is 1. The van der Waals surface area contributed by atoms with Gasteiger partial charge in [0, 0.05) is 6.42 Å². The van der Waals surface area contributed by atoms with Crippen molar-refractivity contribution in [2.24, 2.45) is 0 Å². The number of benzene rings is 1. The van der Waals surface area contributed by atoms with Crippen LogP contribution in [0.15, 0.2) is 24.3 Å². The van der Waals surface area contributed by atoms with Gasteiger partial charge in [-0.2, -0.15) is 0 Å². The monoisotopic (exact) mass is 382 g/mol. The Kier molecular flexibility index (Phi) is 6.84. The van der Waals surface area contributed by atoms with E-state index < -0.39 is 18.5 Å². The molecule has 0 radical (unpaired) electrons. The third-order valence-corrected chi connectivity index (χ3v) is 3.92. The molecule has 0 spiro atoms. The Bertz CT molecular complexity index is 780. The maximum atomic E-state index is 11.7. The number of carbonyl (C=O) groups excluding carboxylic acids is 3. The molecular formula is C15H15ClN4O4S. The zero-order valence-corrected chi connectivity index (χ0v) is 14.8. The van der Waals surface area contributed by atoms with Gasteiger partial charge in [0.2, 0.25) is 11.0 Å². The lowest BCUT2D eigenvalue weighted by molar-refractivity contribution is -0.147. The average molecular weight is 383 g/mol. The molecule has 10 heteroatoms. The van der Waals surface area contributed by atoms with Crippen molar-refractivity contribution in [1.82, 2.24) is 10.2 Å². The van der Waals surface area contributed by atoms with E-state index >= 15 is 0 Å². The van der Waals surface area contributed by atoms with E-state index in [4.69, 9.17) is 16.3 Å². The molecule has 1 heterocycles. The molecule has 2 rings (SSSR count). The van der Waals surface area contributed by atoms with E-state index in [9.17, 15) is 14.4 Å². The van der Waals surface area contributed by atoms with E-state index in [-0.39, 0.29) is 18.7 Å². The number of nitrogens with one attached hydrogen (secondary N) is 2. The van der Waals surface area contributed by atoms with Gasteiger partial charge >= 0.3 is 5.97 Å². The quantitative estimate of drug-likeness (QED) is 0.711. The van der Waals surface area contributed by atoms with E-state index in [0.29, 0.717) is 15.8 Å². The number of anilines is 2. The van der Waals surface area contributed by atoms with Gasteiger partial charge in [0.25, 0.3) is 5.91 Å². The molecule has 0 aliphatic heterocycles. The molecule has 0 atom stereocenters. The normalized spacial score (nSPS) is 10.2. The van der Waals surface area contributed by atoms with Crippen LogP contribution < -0.4 is 10.6 Å². The largest absolute Gasteiger partial charge is 0.456 e. The summed E-state index contributed by atoms with van der Waals surface area (Å²) in [6, 6.07) is 6.69. The summed E-state index contributed by atoms with van der Waals surface area (Å²) in [6.07, 6.45) is -0.230. The highest BCUT2D eigenvalue weighted by Crippen LogP contribution is 2.20. The van der Waals surface area contributed by atoms with Gasteiger partial charge in [-0.15, -0.1) is 10.2 Å². The minimum absolute atomic E-state index is 0.0798. The number of para-hydroxylation sites is 1. The SMILES string of the molecule is Cc1nnc(NC(=O)CCC(=O)OCC(=O)Nc2ccccc2Cl)s1. The van der Waals surface area contributed by atoms with E-state index in [0.717, 1.165) is 5.01 Å². The number of aryl methyl sites for hydroxylation is 1. The van der Waals surface area contributed by atoms with Gasteiger partial charge in [0.1, 0.15) is 5.01 Å². The van der Waals surface area contributed by atoms with Gasteiger partial charge < -0.3 is 15.4 Å². The first-order valence-corrected chi connectivity index (χ1v) is 8.43. The number of halogens is 1. The predicted octanol–water partition coefficient (Wildman–Crippen LogP) is 2.40. The highest BCUT2D eigenvalue weighted by molar-refractivity contribution is 7.15. The van der Waals surface area contributed by atoms with Crippen LogP contribution in [0.5, 0.6) is 0 Å². The molecule has 2 aromatic rings. The topological polar surface area (TPSA) is 110 Å². The van der Waals surface area contributed by atoms with Crippen molar-refractivity contribution in [3.05, 3.63) is 34.3 Å². The van der Waals surface area contributed by atoms with Crippen molar-refractivity contribution < 1.29 is 19.1 Å². The Balaban J connectivity index is 1.67. The number of carbonyl (C=O) groups is 3. The first kappa shape index (κ1) is 18.8. The van der Waals surface area contributed by atoms with Gasteiger partial charge in [0.15, 0.2) is 6.61 Å². The summed E-state index contributed by atoms with van der Waals surface area (Å²) in [5, 5.41) is 14.0. The lowest BCUT2D eigenvalue weighted by Crippen LogP contribution is -2.22. The molecule has 0 fully saturated rings. The fourth-order valence-electron chi connectivity index (χ4n) is 1.71. The van der Waals surface area contributed by atoms with Gasteiger partial charge in [-0.1, -0.05) is 35.1 Å². The Morgan fingerprint density at radius 2 is 1.88 bits per heavy atom. The molecular weight excluding hydrogens is 368 g/mol. The molecule has 0 saturated carbocycles. The van der Waals surface area contributed by atoms with E-state index in [2.05, 4.69) is 20.8 Å². The number of nitrogens with zero attached hydrogens (tertiary/aromatic N) is 2. The third kappa shape index (κ3) is 6.48. The molecule has 132 valence electrons. The second-order valence-corrected chi connectivity index (χ2v) is 6.45. The van der Waals surface area contributed by atoms with Crippen molar-refractivity contribution in [1.29, 1.82) is 0 Å². The van der Waals surface area contributed by atoms with Crippen LogP contribution in [0.1, 0.15) is 17.8 Å². The molecule has 0 bridgehead atoms. The third-order valence-electron chi connectivity index (χ3n) is 2.84. The van der Waals surface area contributed by atoms with E-state index in [1.807, 2.05) is 0 Å². The Morgan fingerprint density at radius 3 is 2.56 bits per heavy atom. The van der Waals surface area contributed by atoms with E-state index in [1.165, 1.54) is 11.3 Å². The minimum atomic E-state index is -0.655. The smallest absolute Gasteiger partial charge is 0.306 e. The summed E-state index contributed by atoms with van der Waals surface area (Å²) in [6.45, 7) is 1.31. The van der Waals surface area contributed by atoms with Crippen molar-refractivity contribution >= 4 is 51.5 Å². The fraction of sp³-hybridized carbons (Fsp3) is 0.267. The average Bonchev–Trinajstić information content (AvgIpc) is 2.98. The lowest BCUT2D eigenvalue weighted by Gasteiger charge is -2.07. The second kappa shape index (κ2) is 9.09. The lowest BCUT2D eigenvalue weighted by atomic mass is 10.3. The molecule has 2 amide bonds. The van der Waals surface area contributed by atoms with Crippen LogP contribution in [-0.4, -0.2) is 34.6 Å². The standard InChI is InChI=1S/C15H15ClN4O4S/c1-9-19-20-15(25-9)18-12(21)6-7-14(23)24-8-13(22)17-11-5-3-2-4-10(11)16/h2-5H,6-8H2,1H3,(H,17,22)(H,18,20,21). The summed E-state index contributed by atoms with van der Waals surface area (Å²) in [4.78, 5) is 35.0. The molecule has 1 aromatic carbocycles. The van der Waals surface area contributed by atoms with Crippen LogP contribution in [0.4, 0.5) is 10.8 Å². The van der Waals surface area contributed by atoms with Crippen molar-refractivity contribution in [3.63, 3.8) is 0 Å². The Labute approximate surface area is 152 Å². The number of hydrogen-bond donors (Lipinski definition) is 2. The Morgan fingerprint density at radius 1 is 1.12 bits per heavy atom. The number of rotatable bonds is 7. The summed E-state index contributed by atoms with van der Waals surface area (Å²) < 4.78 is 4.82. The molecule has 0 aliphatic rings. The number of hydrogen-bond acceptors (Lipinski definition) is 7. The summed E-state index contributed by atoms with van der Waals surface area (Å²) in [5.74, 6) is -1.55. The Hall–Kier alpha value is -2.52. The minimum Gasteiger partial charge on any atom is -0.456 e. The van der Waals surface area contributed by atoms with Crippen LogP contribution in [-0.2, 0) is 19.1 Å². The van der Waals surface area contributed by atoms with Crippen LogP contribution in [0, 0.1) is 6.92 Å². The van der Waals surface area contributed by atoms with Crippen LogP contribution in [0.25, 0.3) is 0 Å². The molecule has 25 heavy (non-hydrogen) atoms. The zero-order valence-electron chi connectivity index (χ0n) is 13.2. The van der Waals surface area contributed by atoms with Crippen LogP contribution in [0.3, 0.4) is 0 Å². The first-order chi connectivity index (χ1) is 11.9. The van der Waals surface area contributed by atoms with Crippen molar-refractivity contribution in [3.8, 4) is 0 Å². The highest BCUT2D eigenvalue weighted by Gasteiger charge is 2.12. The van der Waals surface area contributed by atoms with Crippen LogP contribution >= 0.6 is 22.9 Å². The van der Waals surface area contributed by atoms with E-state index in [1.54, 1.807) is 31.2 Å². The van der Waals surface area contributed by atoms with Crippen molar-refractivity contribution in [2.45, 2.75) is 19.8 Å². The molecule has 0 unspecified atom stereocenters. The number of aromatic nitrogens is 2. The van der Waals surface area contributed by atoms with Crippen LogP contribution in [0.2, 0.25) is 5.02 Å². The summed E-state index contributed by atoms with van der Waals surface area (Å²) >= 11 is 7.14. The summed E-state index contributed by atoms with van der Waals surface area (Å²) in [7, 11) is 0. The molecule has 8 nitrogen and oxygen atoms in total. The molecule has 2 N–H and O–H groups in total. The highest BCUT2D eigenvalue weighted by atomic mass is 35.5. The summed E-state index contributed by atoms with van der Waals surface area (Å²) in [5.41, 5.74) is 0.428. The predicted molar refractivity (Wildman–Crippen MR) is 93.6 cm³/mol. The maximum absolute atomic E-state index is 11.7. The van der Waals surface area contributed by atoms with Gasteiger partial charge in [-0.25, -0.2) is 0 Å². The van der Waals surface area contributed by atoms with Crippen molar-refractivity contribution in [2.75, 3.05) is 17.2 Å². The molecule has 0 saturated heterocycles. The first-order valence-electron chi connectivity index (χ1n) is 7.24. The van der Waals surface area contributed by atoms with Gasteiger partial charge in [0.05, 0.1) is 17.1 Å². The van der Waals surface area contributed by atoms with Gasteiger partial charge in [-0.05, 0) is 19.1 Å².